The Kier molecular flexibility index (Phi) is 2.39. The Labute approximate surface area is 88.7 Å². The molecule has 0 spiro atoms. The molecule has 80 valence electrons. The zero-order valence-electron chi connectivity index (χ0n) is 8.91. The highest BCUT2D eigenvalue weighted by atomic mass is 16.5. The van der Waals surface area contributed by atoms with Crippen molar-refractivity contribution >= 4 is 5.97 Å². The maximum atomic E-state index is 11.1. The summed E-state index contributed by atoms with van der Waals surface area (Å²) in [5.41, 5.74) is 3.07. The number of aliphatic carboxylic acids is 1. The van der Waals surface area contributed by atoms with Gasteiger partial charge in [-0.3, -0.25) is 4.79 Å². The van der Waals surface area contributed by atoms with Crippen LogP contribution >= 0.6 is 0 Å². The number of carbonyl (C=O) groups is 1. The van der Waals surface area contributed by atoms with Crippen LogP contribution in [0.3, 0.4) is 0 Å². The highest BCUT2D eigenvalue weighted by Crippen LogP contribution is 2.35. The zero-order chi connectivity index (χ0) is 11.0. The van der Waals surface area contributed by atoms with E-state index in [1.807, 2.05) is 26.0 Å². The van der Waals surface area contributed by atoms with Crippen LogP contribution in [0, 0.1) is 13.8 Å². The summed E-state index contributed by atoms with van der Waals surface area (Å²) >= 11 is 0. The molecule has 0 aliphatic carbocycles. The largest absolute Gasteiger partial charge is 0.493 e. The van der Waals surface area contributed by atoms with Crippen molar-refractivity contribution in [1.82, 2.24) is 0 Å². The summed E-state index contributed by atoms with van der Waals surface area (Å²) in [5.74, 6) is -0.437. The molecule has 1 atom stereocenters. The van der Waals surface area contributed by atoms with E-state index in [1.54, 1.807) is 0 Å². The zero-order valence-corrected chi connectivity index (χ0v) is 8.91. The van der Waals surface area contributed by atoms with E-state index in [1.165, 1.54) is 0 Å². The molecule has 2 rings (SSSR count). The summed E-state index contributed by atoms with van der Waals surface area (Å²) in [7, 11) is 0. The first-order valence-corrected chi connectivity index (χ1v) is 5.06. The fourth-order valence-electron chi connectivity index (χ4n) is 1.91. The van der Waals surface area contributed by atoms with Gasteiger partial charge >= 0.3 is 5.97 Å². The van der Waals surface area contributed by atoms with Gasteiger partial charge in [0.05, 0.1) is 12.5 Å². The van der Waals surface area contributed by atoms with Crippen molar-refractivity contribution in [3.63, 3.8) is 0 Å². The quantitative estimate of drug-likeness (QED) is 0.766. The molecule has 3 nitrogen and oxygen atoms in total. The number of carboxylic acids is 1. The second-order valence-electron chi connectivity index (χ2n) is 4.00. The van der Waals surface area contributed by atoms with E-state index in [9.17, 15) is 4.79 Å². The normalized spacial score (nSPS) is 19.2. The molecule has 1 aromatic carbocycles. The fraction of sp³-hybridized carbons (Fsp3) is 0.417. The van der Waals surface area contributed by atoms with Gasteiger partial charge in [0.15, 0.2) is 0 Å². The van der Waals surface area contributed by atoms with Crippen LogP contribution in [-0.4, -0.2) is 17.7 Å². The van der Waals surface area contributed by atoms with E-state index in [4.69, 9.17) is 9.84 Å². The number of carboxylic acid groups (broad SMARTS) is 1. The molecule has 3 heteroatoms. The van der Waals surface area contributed by atoms with Gasteiger partial charge in [-0.15, -0.1) is 0 Å². The van der Waals surface area contributed by atoms with Gasteiger partial charge in [0.2, 0.25) is 0 Å². The lowest BCUT2D eigenvalue weighted by Gasteiger charge is -2.24. The summed E-state index contributed by atoms with van der Waals surface area (Å²) in [6, 6.07) is 3.86. The number of hydrogen-bond acceptors (Lipinski definition) is 2. The first-order valence-electron chi connectivity index (χ1n) is 5.06. The van der Waals surface area contributed by atoms with E-state index >= 15 is 0 Å². The standard InChI is InChI=1S/C12H14O3/c1-7-5-10-9(12(13)14)3-4-15-11(10)6-8(7)2/h5-6,9H,3-4H2,1-2H3,(H,13,14). The van der Waals surface area contributed by atoms with Crippen molar-refractivity contribution in [3.05, 3.63) is 28.8 Å². The molecule has 1 aliphatic rings. The highest BCUT2D eigenvalue weighted by molar-refractivity contribution is 5.77. The third-order valence-corrected chi connectivity index (χ3v) is 2.96. The minimum atomic E-state index is -0.761. The van der Waals surface area contributed by atoms with Crippen LogP contribution in [0.2, 0.25) is 0 Å². The third kappa shape index (κ3) is 1.69. The van der Waals surface area contributed by atoms with Crippen molar-refractivity contribution in [2.24, 2.45) is 0 Å². The number of ether oxygens (including phenoxy) is 1. The van der Waals surface area contributed by atoms with Crippen molar-refractivity contribution < 1.29 is 14.6 Å². The second-order valence-corrected chi connectivity index (χ2v) is 4.00. The molecule has 0 bridgehead atoms. The summed E-state index contributed by atoms with van der Waals surface area (Å²) in [4.78, 5) is 11.1. The van der Waals surface area contributed by atoms with Crippen LogP contribution in [-0.2, 0) is 4.79 Å². The maximum Gasteiger partial charge on any atom is 0.311 e. The third-order valence-electron chi connectivity index (χ3n) is 2.96. The Morgan fingerprint density at radius 3 is 2.73 bits per heavy atom. The van der Waals surface area contributed by atoms with Crippen molar-refractivity contribution in [2.75, 3.05) is 6.61 Å². The van der Waals surface area contributed by atoms with Crippen LogP contribution < -0.4 is 4.74 Å². The van der Waals surface area contributed by atoms with Crippen LogP contribution in [0.4, 0.5) is 0 Å². The van der Waals surface area contributed by atoms with Gasteiger partial charge in [0.1, 0.15) is 5.75 Å². The molecule has 0 fully saturated rings. The van der Waals surface area contributed by atoms with E-state index < -0.39 is 11.9 Å². The molecule has 1 aromatic rings. The Bertz CT molecular complexity index is 410. The summed E-state index contributed by atoms with van der Waals surface area (Å²) in [5, 5.41) is 9.09. The van der Waals surface area contributed by atoms with Crippen molar-refractivity contribution in [3.8, 4) is 5.75 Å². The van der Waals surface area contributed by atoms with Crippen LogP contribution in [0.5, 0.6) is 5.75 Å². The molecular weight excluding hydrogens is 192 g/mol. The fourth-order valence-corrected chi connectivity index (χ4v) is 1.91. The Hall–Kier alpha value is -1.51. The van der Waals surface area contributed by atoms with Gasteiger partial charge in [-0.05, 0) is 37.5 Å². The monoisotopic (exact) mass is 206 g/mol. The number of rotatable bonds is 1. The van der Waals surface area contributed by atoms with Gasteiger partial charge in [-0.2, -0.15) is 0 Å². The Morgan fingerprint density at radius 1 is 1.40 bits per heavy atom. The average Bonchev–Trinajstić information content (AvgIpc) is 2.18. The van der Waals surface area contributed by atoms with Gasteiger partial charge in [-0.25, -0.2) is 0 Å². The lowest BCUT2D eigenvalue weighted by molar-refractivity contribution is -0.139. The second kappa shape index (κ2) is 3.57. The summed E-state index contributed by atoms with van der Waals surface area (Å²) in [6.45, 7) is 4.49. The van der Waals surface area contributed by atoms with Crippen LogP contribution in [0.15, 0.2) is 12.1 Å². The molecule has 0 radical (unpaired) electrons. The highest BCUT2D eigenvalue weighted by Gasteiger charge is 2.27. The number of fused-ring (bicyclic) bond motifs is 1. The van der Waals surface area contributed by atoms with Gasteiger partial charge in [-0.1, -0.05) is 6.07 Å². The molecule has 0 amide bonds. The van der Waals surface area contributed by atoms with Crippen molar-refractivity contribution in [2.45, 2.75) is 26.2 Å². The van der Waals surface area contributed by atoms with E-state index in [0.29, 0.717) is 13.0 Å². The smallest absolute Gasteiger partial charge is 0.311 e. The van der Waals surface area contributed by atoms with E-state index in [-0.39, 0.29) is 0 Å². The van der Waals surface area contributed by atoms with Crippen LogP contribution in [0.1, 0.15) is 29.0 Å². The molecule has 0 aromatic heterocycles. The molecule has 1 heterocycles. The predicted molar refractivity (Wildman–Crippen MR) is 56.4 cm³/mol. The Morgan fingerprint density at radius 2 is 2.07 bits per heavy atom. The first-order chi connectivity index (χ1) is 7.09. The minimum Gasteiger partial charge on any atom is -0.493 e. The number of aryl methyl sites for hydroxylation is 2. The molecule has 0 saturated heterocycles. The number of benzene rings is 1. The molecular formula is C12H14O3. The Balaban J connectivity index is 2.51. The van der Waals surface area contributed by atoms with Gasteiger partial charge in [0.25, 0.3) is 0 Å². The predicted octanol–water partition coefficient (Wildman–Crippen LogP) is 2.25. The molecule has 1 N–H and O–H groups in total. The SMILES string of the molecule is Cc1cc2c(cc1C)C(C(=O)O)CCO2. The molecule has 15 heavy (non-hydrogen) atoms. The topological polar surface area (TPSA) is 46.5 Å². The summed E-state index contributed by atoms with van der Waals surface area (Å²) in [6.07, 6.45) is 0.560. The number of hydrogen-bond donors (Lipinski definition) is 1. The maximum absolute atomic E-state index is 11.1. The average molecular weight is 206 g/mol. The molecule has 1 aliphatic heterocycles. The van der Waals surface area contributed by atoms with E-state index in [0.717, 1.165) is 22.4 Å². The summed E-state index contributed by atoms with van der Waals surface area (Å²) < 4.78 is 5.48. The lowest BCUT2D eigenvalue weighted by atomic mass is 9.90. The first kappa shape index (κ1) is 10.0. The van der Waals surface area contributed by atoms with Crippen LogP contribution in [0.25, 0.3) is 0 Å². The van der Waals surface area contributed by atoms with Gasteiger partial charge < -0.3 is 9.84 Å². The lowest BCUT2D eigenvalue weighted by Crippen LogP contribution is -2.21. The van der Waals surface area contributed by atoms with Crippen molar-refractivity contribution in [1.29, 1.82) is 0 Å². The molecule has 1 unspecified atom stereocenters. The van der Waals surface area contributed by atoms with E-state index in [2.05, 4.69) is 0 Å². The van der Waals surface area contributed by atoms with Gasteiger partial charge in [0, 0.05) is 5.56 Å². The minimum absolute atomic E-state index is 0.409. The molecule has 0 saturated carbocycles.